The molecule has 25 heavy (non-hydrogen) atoms. The maximum Gasteiger partial charge on any atom is 0.164 e. The highest BCUT2D eigenvalue weighted by molar-refractivity contribution is 5.49. The molecule has 0 amide bonds. The Morgan fingerprint density at radius 2 is 2.12 bits per heavy atom. The van der Waals surface area contributed by atoms with Crippen molar-refractivity contribution in [3.63, 3.8) is 0 Å². The molecule has 0 saturated heterocycles. The van der Waals surface area contributed by atoms with Crippen LogP contribution >= 0.6 is 0 Å². The molecule has 1 aromatic carbocycles. The van der Waals surface area contributed by atoms with Crippen molar-refractivity contribution in [2.75, 3.05) is 6.54 Å². The molecule has 1 aliphatic rings. The van der Waals surface area contributed by atoms with Gasteiger partial charge in [0.1, 0.15) is 6.10 Å². The number of phenols is 1. The van der Waals surface area contributed by atoms with E-state index in [1.54, 1.807) is 6.07 Å². The Hall–Kier alpha value is -1.52. The van der Waals surface area contributed by atoms with Gasteiger partial charge in [-0.25, -0.2) is 0 Å². The summed E-state index contributed by atoms with van der Waals surface area (Å²) >= 11 is 0. The summed E-state index contributed by atoms with van der Waals surface area (Å²) in [4.78, 5) is 0. The normalized spacial score (nSPS) is 25.2. The van der Waals surface area contributed by atoms with Crippen molar-refractivity contribution in [2.24, 2.45) is 5.92 Å². The van der Waals surface area contributed by atoms with Gasteiger partial charge in [0.15, 0.2) is 11.5 Å². The fourth-order valence-electron chi connectivity index (χ4n) is 3.78. The lowest BCUT2D eigenvalue weighted by Crippen LogP contribution is -2.35. The first-order valence-electron chi connectivity index (χ1n) is 9.46. The van der Waals surface area contributed by atoms with E-state index in [9.17, 15) is 10.2 Å². The number of hydrogen-bond acceptors (Lipinski definition) is 4. The Morgan fingerprint density at radius 1 is 1.36 bits per heavy atom. The minimum absolute atomic E-state index is 0.0906. The molecule has 1 aromatic rings. The van der Waals surface area contributed by atoms with E-state index in [2.05, 4.69) is 25.7 Å². The molecule has 2 rings (SSSR count). The fourth-order valence-corrected chi connectivity index (χ4v) is 3.78. The zero-order chi connectivity index (χ0) is 18.4. The zero-order valence-corrected chi connectivity index (χ0v) is 15.8. The van der Waals surface area contributed by atoms with E-state index in [0.29, 0.717) is 24.1 Å². The minimum atomic E-state index is -0.349. The molecule has 4 heteroatoms. The third-order valence-corrected chi connectivity index (χ3v) is 5.43. The van der Waals surface area contributed by atoms with Crippen LogP contribution in [-0.4, -0.2) is 35.0 Å². The third-order valence-electron chi connectivity index (χ3n) is 5.43. The Labute approximate surface area is 151 Å². The van der Waals surface area contributed by atoms with E-state index < -0.39 is 0 Å². The largest absolute Gasteiger partial charge is 0.504 e. The van der Waals surface area contributed by atoms with Gasteiger partial charge in [-0.05, 0) is 62.6 Å². The molecular formula is C21H33NO3. The molecule has 140 valence electrons. The second-order valence-electron chi connectivity index (χ2n) is 7.24. The van der Waals surface area contributed by atoms with E-state index in [1.165, 1.54) is 5.56 Å². The third kappa shape index (κ3) is 5.23. The number of aromatic hydroxyl groups is 1. The summed E-state index contributed by atoms with van der Waals surface area (Å²) in [6.45, 7) is 10.8. The number of phenolic OH excluding ortho intramolecular Hbond substituents is 1. The number of aliphatic hydroxyl groups is 1. The maximum absolute atomic E-state index is 10.3. The topological polar surface area (TPSA) is 61.7 Å². The number of nitrogens with one attached hydrogen (secondary N) is 1. The van der Waals surface area contributed by atoms with Gasteiger partial charge < -0.3 is 20.3 Å². The maximum atomic E-state index is 10.3. The zero-order valence-electron chi connectivity index (χ0n) is 15.8. The Kier molecular flexibility index (Phi) is 7.33. The highest BCUT2D eigenvalue weighted by Crippen LogP contribution is 2.36. The minimum Gasteiger partial charge on any atom is -0.504 e. The number of aliphatic hydroxyl groups excluding tert-OH is 1. The lowest BCUT2D eigenvalue weighted by molar-refractivity contribution is 0.0930. The molecule has 1 aliphatic carbocycles. The molecule has 0 aliphatic heterocycles. The first-order valence-corrected chi connectivity index (χ1v) is 9.46. The molecule has 1 saturated carbocycles. The lowest BCUT2D eigenvalue weighted by Gasteiger charge is -2.27. The lowest BCUT2D eigenvalue weighted by atomic mass is 9.92. The van der Waals surface area contributed by atoms with Crippen LogP contribution < -0.4 is 10.1 Å². The van der Waals surface area contributed by atoms with E-state index >= 15 is 0 Å². The summed E-state index contributed by atoms with van der Waals surface area (Å²) in [5.41, 5.74) is 2.18. The van der Waals surface area contributed by atoms with Gasteiger partial charge in [-0.3, -0.25) is 0 Å². The summed E-state index contributed by atoms with van der Waals surface area (Å²) in [6.07, 6.45) is 5.59. The quantitative estimate of drug-likeness (QED) is 0.519. The van der Waals surface area contributed by atoms with Crippen LogP contribution in [0.15, 0.2) is 24.8 Å². The van der Waals surface area contributed by atoms with Crippen molar-refractivity contribution in [2.45, 2.75) is 71.1 Å². The smallest absolute Gasteiger partial charge is 0.164 e. The Bertz CT molecular complexity index is 573. The van der Waals surface area contributed by atoms with Crippen molar-refractivity contribution in [3.8, 4) is 11.5 Å². The fraction of sp³-hybridized carbons (Fsp3) is 0.619. The average Bonchev–Trinajstić information content (AvgIpc) is 2.78. The molecule has 0 bridgehead atoms. The van der Waals surface area contributed by atoms with Crippen LogP contribution in [0.2, 0.25) is 0 Å². The second-order valence-corrected chi connectivity index (χ2v) is 7.24. The van der Waals surface area contributed by atoms with Crippen LogP contribution in [0, 0.1) is 12.8 Å². The van der Waals surface area contributed by atoms with E-state index in [-0.39, 0.29) is 18.0 Å². The number of hydrogen-bond donors (Lipinski definition) is 3. The van der Waals surface area contributed by atoms with Gasteiger partial charge in [-0.1, -0.05) is 19.1 Å². The molecule has 4 nitrogen and oxygen atoms in total. The number of benzene rings is 1. The highest BCUT2D eigenvalue weighted by atomic mass is 16.5. The van der Waals surface area contributed by atoms with Crippen LogP contribution in [-0.2, 0) is 6.42 Å². The molecule has 3 N–H and O–H groups in total. The monoisotopic (exact) mass is 347 g/mol. The summed E-state index contributed by atoms with van der Waals surface area (Å²) in [7, 11) is 0. The van der Waals surface area contributed by atoms with Crippen LogP contribution in [0.5, 0.6) is 11.5 Å². The van der Waals surface area contributed by atoms with Gasteiger partial charge in [0.05, 0.1) is 6.10 Å². The first-order chi connectivity index (χ1) is 12.0. The van der Waals surface area contributed by atoms with Gasteiger partial charge in [0, 0.05) is 19.0 Å². The summed E-state index contributed by atoms with van der Waals surface area (Å²) in [5, 5.41) is 24.0. The van der Waals surface area contributed by atoms with Gasteiger partial charge in [0.25, 0.3) is 0 Å². The SMILES string of the molecule is C=CCNC(C)C1CCC(O)CC(Oc2c(O)ccc(CC)c2C)C1. The summed E-state index contributed by atoms with van der Waals surface area (Å²) < 4.78 is 6.24. The second kappa shape index (κ2) is 9.25. The van der Waals surface area contributed by atoms with Crippen molar-refractivity contribution >= 4 is 0 Å². The van der Waals surface area contributed by atoms with Crippen molar-refractivity contribution in [1.82, 2.24) is 5.32 Å². The molecule has 0 radical (unpaired) electrons. The van der Waals surface area contributed by atoms with Crippen molar-refractivity contribution in [3.05, 3.63) is 35.9 Å². The molecular weight excluding hydrogens is 314 g/mol. The Morgan fingerprint density at radius 3 is 2.80 bits per heavy atom. The standard InChI is InChI=1S/C21H33NO3/c1-5-11-22-15(4)17-7-9-18(23)13-19(12-17)25-21-14(3)16(6-2)8-10-20(21)24/h5,8,10,15,17-19,22-24H,1,6-7,9,11-13H2,2-4H3. The summed E-state index contributed by atoms with van der Waals surface area (Å²) in [6, 6.07) is 4.00. The predicted octanol–water partition coefficient (Wildman–Crippen LogP) is 3.73. The molecule has 0 heterocycles. The van der Waals surface area contributed by atoms with Gasteiger partial charge in [-0.15, -0.1) is 6.58 Å². The molecule has 4 atom stereocenters. The number of rotatable bonds is 7. The summed E-state index contributed by atoms with van der Waals surface area (Å²) in [5.74, 6) is 1.19. The molecule has 0 aromatic heterocycles. The molecule has 0 spiro atoms. The number of aryl methyl sites for hydroxylation is 1. The Balaban J connectivity index is 2.15. The molecule has 4 unspecified atom stereocenters. The number of ether oxygens (including phenoxy) is 1. The van der Waals surface area contributed by atoms with Gasteiger partial charge in [-0.2, -0.15) is 0 Å². The predicted molar refractivity (Wildman–Crippen MR) is 102 cm³/mol. The first kappa shape index (κ1) is 19.8. The van der Waals surface area contributed by atoms with Crippen LogP contribution in [0.25, 0.3) is 0 Å². The average molecular weight is 347 g/mol. The van der Waals surface area contributed by atoms with Gasteiger partial charge in [0.2, 0.25) is 0 Å². The van der Waals surface area contributed by atoms with E-state index in [4.69, 9.17) is 4.74 Å². The van der Waals surface area contributed by atoms with E-state index in [1.807, 2.05) is 19.1 Å². The molecule has 1 fully saturated rings. The van der Waals surface area contributed by atoms with Crippen molar-refractivity contribution < 1.29 is 14.9 Å². The van der Waals surface area contributed by atoms with Crippen LogP contribution in [0.3, 0.4) is 0 Å². The van der Waals surface area contributed by atoms with Gasteiger partial charge >= 0.3 is 0 Å². The van der Waals surface area contributed by atoms with Crippen LogP contribution in [0.1, 0.15) is 50.7 Å². The van der Waals surface area contributed by atoms with Crippen LogP contribution in [0.4, 0.5) is 0 Å². The van der Waals surface area contributed by atoms with E-state index in [0.717, 1.165) is 37.8 Å². The highest BCUT2D eigenvalue weighted by Gasteiger charge is 2.30. The van der Waals surface area contributed by atoms with Crippen molar-refractivity contribution in [1.29, 1.82) is 0 Å².